The van der Waals surface area contributed by atoms with E-state index in [0.29, 0.717) is 0 Å². The zero-order valence-electron chi connectivity index (χ0n) is 11.4. The van der Waals surface area contributed by atoms with Crippen LogP contribution in [0.15, 0.2) is 36.4 Å². The number of nitrogens with one attached hydrogen (secondary N) is 2. The molecule has 0 aromatic heterocycles. The van der Waals surface area contributed by atoms with Crippen LogP contribution >= 0.6 is 11.6 Å². The van der Waals surface area contributed by atoms with Gasteiger partial charge >= 0.3 is 0 Å². The van der Waals surface area contributed by atoms with Crippen LogP contribution in [0.25, 0.3) is 0 Å². The molecule has 2 N–H and O–H groups in total. The number of halogens is 3. The summed E-state index contributed by atoms with van der Waals surface area (Å²) in [5.41, 5.74) is -0.170. The van der Waals surface area contributed by atoms with Crippen LogP contribution in [-0.4, -0.2) is 11.8 Å². The van der Waals surface area contributed by atoms with Crippen molar-refractivity contribution in [2.45, 2.75) is 6.92 Å². The third-order valence-electron chi connectivity index (χ3n) is 2.73. The van der Waals surface area contributed by atoms with E-state index in [2.05, 4.69) is 10.6 Å². The summed E-state index contributed by atoms with van der Waals surface area (Å²) in [6.07, 6.45) is 0. The molecule has 2 aromatic rings. The number of carbonyl (C=O) groups excluding carboxylic acids is 2. The second kappa shape index (κ2) is 6.53. The largest absolute Gasteiger partial charge is 0.325 e. The van der Waals surface area contributed by atoms with Gasteiger partial charge < -0.3 is 10.6 Å². The topological polar surface area (TPSA) is 58.2 Å². The van der Waals surface area contributed by atoms with Crippen LogP contribution in [-0.2, 0) is 4.79 Å². The Hall–Kier alpha value is -2.47. The first-order valence-electron chi connectivity index (χ1n) is 6.21. The Bertz CT molecular complexity index is 730. The summed E-state index contributed by atoms with van der Waals surface area (Å²) in [6, 6.07) is 7.23. The van der Waals surface area contributed by atoms with Crippen LogP contribution in [0.1, 0.15) is 17.3 Å². The molecule has 0 fully saturated rings. The molecular formula is C15H11ClF2N2O2. The second-order valence-electron chi connectivity index (χ2n) is 4.42. The SMILES string of the molecule is CC(=O)Nc1ccc(F)cc1NC(=O)c1c(F)cccc1Cl. The lowest BCUT2D eigenvalue weighted by atomic mass is 10.2. The standard InChI is InChI=1S/C15H11ClF2N2O2/c1-8(21)19-12-6-5-9(17)7-13(12)20-15(22)14-10(16)3-2-4-11(14)18/h2-7H,1H3,(H,19,21)(H,20,22). The van der Waals surface area contributed by atoms with E-state index in [-0.39, 0.29) is 22.0 Å². The molecule has 0 heterocycles. The lowest BCUT2D eigenvalue weighted by molar-refractivity contribution is -0.114. The van der Waals surface area contributed by atoms with Gasteiger partial charge in [-0.3, -0.25) is 9.59 Å². The average molecular weight is 325 g/mol. The maximum Gasteiger partial charge on any atom is 0.260 e. The maximum atomic E-state index is 13.7. The highest BCUT2D eigenvalue weighted by molar-refractivity contribution is 6.34. The maximum absolute atomic E-state index is 13.7. The highest BCUT2D eigenvalue weighted by Gasteiger charge is 2.17. The van der Waals surface area contributed by atoms with E-state index in [9.17, 15) is 18.4 Å². The molecule has 4 nitrogen and oxygen atoms in total. The number of benzene rings is 2. The van der Waals surface area contributed by atoms with Crippen molar-refractivity contribution >= 4 is 34.8 Å². The Morgan fingerprint density at radius 3 is 2.41 bits per heavy atom. The van der Waals surface area contributed by atoms with Gasteiger partial charge in [-0.15, -0.1) is 0 Å². The lowest BCUT2D eigenvalue weighted by Gasteiger charge is -2.12. The Kier molecular flexibility index (Phi) is 4.72. The number of anilines is 2. The molecular weight excluding hydrogens is 314 g/mol. The third kappa shape index (κ3) is 3.59. The second-order valence-corrected chi connectivity index (χ2v) is 4.83. The normalized spacial score (nSPS) is 10.2. The quantitative estimate of drug-likeness (QED) is 0.901. The predicted octanol–water partition coefficient (Wildman–Crippen LogP) is 3.83. The number of hydrogen-bond donors (Lipinski definition) is 2. The van der Waals surface area contributed by atoms with Gasteiger partial charge in [0, 0.05) is 6.92 Å². The number of rotatable bonds is 3. The number of carbonyl (C=O) groups is 2. The Balaban J connectivity index is 2.36. The van der Waals surface area contributed by atoms with Gasteiger partial charge in [0.05, 0.1) is 22.0 Å². The molecule has 7 heteroatoms. The van der Waals surface area contributed by atoms with Crippen molar-refractivity contribution in [3.8, 4) is 0 Å². The molecule has 0 bridgehead atoms. The van der Waals surface area contributed by atoms with E-state index < -0.39 is 23.4 Å². The van der Waals surface area contributed by atoms with Crippen molar-refractivity contribution in [1.29, 1.82) is 0 Å². The fourth-order valence-corrected chi connectivity index (χ4v) is 2.07. The van der Waals surface area contributed by atoms with Crippen molar-refractivity contribution in [1.82, 2.24) is 0 Å². The Labute approximate surface area is 130 Å². The van der Waals surface area contributed by atoms with Gasteiger partial charge in [-0.1, -0.05) is 17.7 Å². The van der Waals surface area contributed by atoms with Crippen LogP contribution in [0.2, 0.25) is 5.02 Å². The van der Waals surface area contributed by atoms with Crippen LogP contribution in [0, 0.1) is 11.6 Å². The summed E-state index contributed by atoms with van der Waals surface area (Å²) in [4.78, 5) is 23.2. The smallest absolute Gasteiger partial charge is 0.260 e. The summed E-state index contributed by atoms with van der Waals surface area (Å²) < 4.78 is 27.0. The molecule has 0 unspecified atom stereocenters. The van der Waals surface area contributed by atoms with Gasteiger partial charge in [-0.05, 0) is 30.3 Å². The van der Waals surface area contributed by atoms with Crippen LogP contribution in [0.5, 0.6) is 0 Å². The van der Waals surface area contributed by atoms with E-state index >= 15 is 0 Å². The molecule has 0 aliphatic rings. The van der Waals surface area contributed by atoms with E-state index in [4.69, 9.17) is 11.6 Å². The minimum absolute atomic E-state index is 0.000445. The van der Waals surface area contributed by atoms with E-state index in [0.717, 1.165) is 18.2 Å². The van der Waals surface area contributed by atoms with Crippen molar-refractivity contribution in [3.63, 3.8) is 0 Å². The first-order valence-corrected chi connectivity index (χ1v) is 6.59. The molecule has 2 aromatic carbocycles. The minimum atomic E-state index is -0.847. The van der Waals surface area contributed by atoms with Crippen LogP contribution < -0.4 is 10.6 Å². The highest BCUT2D eigenvalue weighted by atomic mass is 35.5. The first kappa shape index (κ1) is 15.9. The molecule has 0 saturated carbocycles. The van der Waals surface area contributed by atoms with E-state index in [1.54, 1.807) is 0 Å². The van der Waals surface area contributed by atoms with Crippen molar-refractivity contribution in [2.75, 3.05) is 10.6 Å². The molecule has 0 radical (unpaired) electrons. The summed E-state index contributed by atoms with van der Waals surface area (Å²) in [7, 11) is 0. The summed E-state index contributed by atoms with van der Waals surface area (Å²) >= 11 is 5.80. The monoisotopic (exact) mass is 324 g/mol. The van der Waals surface area contributed by atoms with Gasteiger partial charge in [0.15, 0.2) is 0 Å². The molecule has 2 amide bonds. The Morgan fingerprint density at radius 1 is 1.05 bits per heavy atom. The van der Waals surface area contributed by atoms with Crippen LogP contribution in [0.3, 0.4) is 0 Å². The molecule has 0 aliphatic carbocycles. The molecule has 0 aliphatic heterocycles. The molecule has 0 saturated heterocycles. The van der Waals surface area contributed by atoms with Crippen molar-refractivity contribution in [3.05, 3.63) is 58.6 Å². The predicted molar refractivity (Wildman–Crippen MR) is 80.1 cm³/mol. The van der Waals surface area contributed by atoms with Crippen molar-refractivity contribution < 1.29 is 18.4 Å². The zero-order valence-corrected chi connectivity index (χ0v) is 12.2. The minimum Gasteiger partial charge on any atom is -0.325 e. The molecule has 0 atom stereocenters. The van der Waals surface area contributed by atoms with Crippen LogP contribution in [0.4, 0.5) is 20.2 Å². The molecule has 0 spiro atoms. The van der Waals surface area contributed by atoms with Gasteiger partial charge in [0.2, 0.25) is 5.91 Å². The average Bonchev–Trinajstić information content (AvgIpc) is 2.41. The van der Waals surface area contributed by atoms with Gasteiger partial charge in [0.1, 0.15) is 11.6 Å². The van der Waals surface area contributed by atoms with Gasteiger partial charge in [-0.25, -0.2) is 8.78 Å². The number of hydrogen-bond acceptors (Lipinski definition) is 2. The highest BCUT2D eigenvalue weighted by Crippen LogP contribution is 2.25. The van der Waals surface area contributed by atoms with E-state index in [1.807, 2.05) is 0 Å². The first-order chi connectivity index (χ1) is 10.4. The third-order valence-corrected chi connectivity index (χ3v) is 3.05. The van der Waals surface area contributed by atoms with E-state index in [1.165, 1.54) is 25.1 Å². The molecule has 114 valence electrons. The van der Waals surface area contributed by atoms with Crippen molar-refractivity contribution in [2.24, 2.45) is 0 Å². The lowest BCUT2D eigenvalue weighted by Crippen LogP contribution is -2.17. The summed E-state index contributed by atoms with van der Waals surface area (Å²) in [6.45, 7) is 1.27. The Morgan fingerprint density at radius 2 is 1.77 bits per heavy atom. The number of amides is 2. The fourth-order valence-electron chi connectivity index (χ4n) is 1.82. The molecule has 2 rings (SSSR count). The summed E-state index contributed by atoms with van der Waals surface area (Å²) in [5, 5.41) is 4.70. The fraction of sp³-hybridized carbons (Fsp3) is 0.0667. The summed E-state index contributed by atoms with van der Waals surface area (Å²) in [5.74, 6) is -2.67. The van der Waals surface area contributed by atoms with Gasteiger partial charge in [0.25, 0.3) is 5.91 Å². The zero-order chi connectivity index (χ0) is 16.3. The molecule has 22 heavy (non-hydrogen) atoms. The van der Waals surface area contributed by atoms with Gasteiger partial charge in [-0.2, -0.15) is 0 Å².